The van der Waals surface area contributed by atoms with E-state index in [0.29, 0.717) is 11.3 Å². The third-order valence-electron chi connectivity index (χ3n) is 3.82. The summed E-state index contributed by atoms with van der Waals surface area (Å²) in [5, 5.41) is 0. The second kappa shape index (κ2) is 5.63. The van der Waals surface area contributed by atoms with Crippen molar-refractivity contribution in [2.45, 2.75) is 38.1 Å². The fraction of sp³-hybridized carbons (Fsp3) is 0.571. The van der Waals surface area contributed by atoms with E-state index in [0.717, 1.165) is 6.92 Å². The minimum Gasteiger partial charge on any atom is -0.461 e. The van der Waals surface area contributed by atoms with E-state index in [1.807, 2.05) is 0 Å². The Morgan fingerprint density at radius 3 is 2.52 bits per heavy atom. The first-order valence-electron chi connectivity index (χ1n) is 6.76. The van der Waals surface area contributed by atoms with Crippen LogP contribution in [-0.2, 0) is 10.3 Å². The van der Waals surface area contributed by atoms with Crippen molar-refractivity contribution in [3.05, 3.63) is 23.5 Å². The van der Waals surface area contributed by atoms with Gasteiger partial charge in [0.25, 0.3) is 0 Å². The van der Waals surface area contributed by atoms with Crippen LogP contribution in [0.2, 0.25) is 0 Å². The third kappa shape index (κ3) is 2.97. The number of aryl methyl sites for hydroxylation is 1. The quantitative estimate of drug-likeness (QED) is 0.862. The van der Waals surface area contributed by atoms with Crippen LogP contribution < -0.4 is 10.5 Å². The molecule has 2 atom stereocenters. The van der Waals surface area contributed by atoms with Gasteiger partial charge >= 0.3 is 6.18 Å². The molecule has 1 aromatic heterocycles. The number of rotatable bonds is 3. The maximum atomic E-state index is 13.1. The number of amidine groups is 1. The molecule has 1 aromatic rings. The van der Waals surface area contributed by atoms with E-state index in [2.05, 4.69) is 9.98 Å². The monoisotopic (exact) mass is 335 g/mol. The Morgan fingerprint density at radius 1 is 1.39 bits per heavy atom. The van der Waals surface area contributed by atoms with E-state index >= 15 is 0 Å². The second-order valence-corrected chi connectivity index (χ2v) is 5.68. The number of nitrogens with two attached hydrogens (primary N) is 1. The lowest BCUT2D eigenvalue weighted by Gasteiger charge is -2.40. The van der Waals surface area contributed by atoms with Crippen molar-refractivity contribution in [1.82, 2.24) is 4.98 Å². The van der Waals surface area contributed by atoms with Crippen molar-refractivity contribution in [3.8, 4) is 5.75 Å². The number of ether oxygens (including phenoxy) is 2. The molecule has 9 heteroatoms. The Labute approximate surface area is 130 Å². The first kappa shape index (κ1) is 17.5. The van der Waals surface area contributed by atoms with Gasteiger partial charge in [-0.2, -0.15) is 13.2 Å². The van der Waals surface area contributed by atoms with Gasteiger partial charge in [0.1, 0.15) is 17.1 Å². The van der Waals surface area contributed by atoms with E-state index in [4.69, 9.17) is 15.2 Å². The molecule has 2 rings (SSSR count). The van der Waals surface area contributed by atoms with E-state index in [1.54, 1.807) is 13.8 Å². The molecule has 1 aliphatic heterocycles. The van der Waals surface area contributed by atoms with Crippen molar-refractivity contribution in [2.75, 3.05) is 13.5 Å². The van der Waals surface area contributed by atoms with Crippen LogP contribution in [0.4, 0.5) is 17.6 Å². The molecule has 1 aliphatic rings. The average molecular weight is 335 g/mol. The molecule has 2 unspecified atom stereocenters. The molecule has 0 amide bonds. The van der Waals surface area contributed by atoms with Crippen LogP contribution in [0, 0.1) is 6.92 Å². The zero-order chi connectivity index (χ0) is 17.5. The van der Waals surface area contributed by atoms with Gasteiger partial charge in [0, 0.05) is 0 Å². The maximum Gasteiger partial charge on any atom is 0.424 e. The van der Waals surface area contributed by atoms with Gasteiger partial charge in [0.15, 0.2) is 0 Å². The van der Waals surface area contributed by atoms with Crippen molar-refractivity contribution in [1.29, 1.82) is 0 Å². The highest BCUT2D eigenvalue weighted by atomic mass is 19.4. The number of halogens is 4. The maximum absolute atomic E-state index is 13.1. The van der Waals surface area contributed by atoms with Crippen molar-refractivity contribution in [3.63, 3.8) is 0 Å². The number of nitrogens with zero attached hydrogens (tertiary/aromatic N) is 2. The van der Waals surface area contributed by atoms with Crippen LogP contribution in [0.25, 0.3) is 0 Å². The van der Waals surface area contributed by atoms with Crippen LogP contribution in [0.5, 0.6) is 5.75 Å². The minimum absolute atomic E-state index is 0.214. The molecule has 0 aliphatic carbocycles. The van der Waals surface area contributed by atoms with E-state index in [1.165, 1.54) is 12.3 Å². The lowest BCUT2D eigenvalue weighted by atomic mass is 9.91. The SMILES string of the molecule is Cc1cc(OCF)cnc1C1(C)COC(C)(C(F)(F)F)C(N)=N1. The van der Waals surface area contributed by atoms with Crippen LogP contribution in [0.1, 0.15) is 25.1 Å². The van der Waals surface area contributed by atoms with Gasteiger partial charge in [-0.15, -0.1) is 0 Å². The highest BCUT2D eigenvalue weighted by molar-refractivity contribution is 5.90. The molecule has 0 bridgehead atoms. The molecule has 128 valence electrons. The zero-order valence-corrected chi connectivity index (χ0v) is 12.9. The van der Waals surface area contributed by atoms with Crippen molar-refractivity contribution in [2.24, 2.45) is 10.7 Å². The highest BCUT2D eigenvalue weighted by Crippen LogP contribution is 2.41. The number of alkyl halides is 4. The number of aliphatic imine (C=N–C) groups is 1. The highest BCUT2D eigenvalue weighted by Gasteiger charge is 2.59. The van der Waals surface area contributed by atoms with Crippen LogP contribution in [0.3, 0.4) is 0 Å². The lowest BCUT2D eigenvalue weighted by Crippen LogP contribution is -2.60. The molecule has 2 N–H and O–H groups in total. The largest absolute Gasteiger partial charge is 0.461 e. The normalized spacial score (nSPS) is 28.4. The molecule has 0 fully saturated rings. The molecular weight excluding hydrogens is 318 g/mol. The van der Waals surface area contributed by atoms with Gasteiger partial charge in [-0.05, 0) is 32.4 Å². The van der Waals surface area contributed by atoms with Crippen molar-refractivity contribution >= 4 is 5.84 Å². The number of hydrogen-bond acceptors (Lipinski definition) is 5. The Morgan fingerprint density at radius 2 is 2.04 bits per heavy atom. The molecule has 23 heavy (non-hydrogen) atoms. The van der Waals surface area contributed by atoms with E-state index in [9.17, 15) is 17.6 Å². The number of hydrogen-bond donors (Lipinski definition) is 1. The number of aromatic nitrogens is 1. The van der Waals surface area contributed by atoms with Crippen LogP contribution in [0.15, 0.2) is 17.3 Å². The van der Waals surface area contributed by atoms with Gasteiger partial charge in [-0.3, -0.25) is 9.98 Å². The summed E-state index contributed by atoms with van der Waals surface area (Å²) in [6, 6.07) is 1.52. The predicted octanol–water partition coefficient (Wildman–Crippen LogP) is 2.62. The zero-order valence-electron chi connectivity index (χ0n) is 12.9. The van der Waals surface area contributed by atoms with Gasteiger partial charge < -0.3 is 15.2 Å². The van der Waals surface area contributed by atoms with Gasteiger partial charge in [-0.1, -0.05) is 0 Å². The van der Waals surface area contributed by atoms with Crippen LogP contribution in [-0.4, -0.2) is 36.1 Å². The summed E-state index contributed by atoms with van der Waals surface area (Å²) in [5.74, 6) is -0.449. The summed E-state index contributed by atoms with van der Waals surface area (Å²) in [5.41, 5.74) is 2.71. The minimum atomic E-state index is -4.68. The topological polar surface area (TPSA) is 69.7 Å². The van der Waals surface area contributed by atoms with Crippen molar-refractivity contribution < 1.29 is 27.0 Å². The van der Waals surface area contributed by atoms with E-state index in [-0.39, 0.29) is 12.4 Å². The molecule has 5 nitrogen and oxygen atoms in total. The predicted molar refractivity (Wildman–Crippen MR) is 75.0 cm³/mol. The molecule has 0 radical (unpaired) electrons. The summed E-state index contributed by atoms with van der Waals surface area (Å²) in [6.07, 6.45) is -3.40. The van der Waals surface area contributed by atoms with Gasteiger partial charge in [0.05, 0.1) is 18.5 Å². The molecule has 0 saturated carbocycles. The summed E-state index contributed by atoms with van der Waals surface area (Å²) in [7, 11) is 0. The molecular formula is C14H17F4N3O2. The molecule has 0 aromatic carbocycles. The van der Waals surface area contributed by atoms with Crippen LogP contribution >= 0.6 is 0 Å². The van der Waals surface area contributed by atoms with E-state index < -0.39 is 30.0 Å². The molecule has 0 saturated heterocycles. The van der Waals surface area contributed by atoms with Gasteiger partial charge in [0.2, 0.25) is 12.5 Å². The summed E-state index contributed by atoms with van der Waals surface area (Å²) in [6.45, 7) is 2.73. The Balaban J connectivity index is 2.42. The summed E-state index contributed by atoms with van der Waals surface area (Å²) in [4.78, 5) is 8.13. The Bertz CT molecular complexity index is 635. The second-order valence-electron chi connectivity index (χ2n) is 5.68. The standard InChI is InChI=1S/C14H17F4N3O2/c1-8-4-9(22-7-15)5-20-10(8)12(2)6-23-13(3,11(19)21-12)14(16,17)18/h4-5H,6-7H2,1-3H3,(H2,19,21). The average Bonchev–Trinajstić information content (AvgIpc) is 2.42. The molecule has 0 spiro atoms. The molecule has 2 heterocycles. The fourth-order valence-electron chi connectivity index (χ4n) is 2.37. The lowest BCUT2D eigenvalue weighted by molar-refractivity contribution is -0.249. The Hall–Kier alpha value is -1.90. The summed E-state index contributed by atoms with van der Waals surface area (Å²) < 4.78 is 61.2. The first-order chi connectivity index (χ1) is 10.5. The van der Waals surface area contributed by atoms with Gasteiger partial charge in [-0.25, -0.2) is 4.39 Å². The first-order valence-corrected chi connectivity index (χ1v) is 6.76. The summed E-state index contributed by atoms with van der Waals surface area (Å²) >= 11 is 0. The third-order valence-corrected chi connectivity index (χ3v) is 3.82. The smallest absolute Gasteiger partial charge is 0.424 e. The number of pyridine rings is 1. The fourth-order valence-corrected chi connectivity index (χ4v) is 2.37. The Kier molecular flexibility index (Phi) is 4.27.